The standard InChI is InChI=1S/C17H24BrClN2O2/c1-17(2,3)23-16(22)21-13-7-5-12(6-8-13)20-15-9-4-11(18)10-14(15)19/h4,9-10,12-13,20H,5-8H2,1-3H3,(H,21,22). The molecule has 0 bridgehead atoms. The van der Waals surface area contributed by atoms with Gasteiger partial charge in [-0.2, -0.15) is 0 Å². The van der Waals surface area contributed by atoms with Crippen molar-refractivity contribution >= 4 is 39.3 Å². The third-order valence-electron chi connectivity index (χ3n) is 3.74. The summed E-state index contributed by atoms with van der Waals surface area (Å²) in [6.45, 7) is 5.61. The van der Waals surface area contributed by atoms with Gasteiger partial charge >= 0.3 is 6.09 Å². The highest BCUT2D eigenvalue weighted by Crippen LogP contribution is 2.29. The molecule has 2 rings (SSSR count). The quantitative estimate of drug-likeness (QED) is 0.715. The SMILES string of the molecule is CC(C)(C)OC(=O)NC1CCC(Nc2ccc(Br)cc2Cl)CC1. The zero-order valence-electron chi connectivity index (χ0n) is 13.8. The molecule has 4 nitrogen and oxygen atoms in total. The monoisotopic (exact) mass is 402 g/mol. The number of alkyl carbamates (subject to hydrolysis) is 1. The highest BCUT2D eigenvalue weighted by Gasteiger charge is 2.25. The number of carbonyl (C=O) groups is 1. The van der Waals surface area contributed by atoms with Gasteiger partial charge in [0.25, 0.3) is 0 Å². The van der Waals surface area contributed by atoms with E-state index in [1.807, 2.05) is 39.0 Å². The van der Waals surface area contributed by atoms with Crippen molar-refractivity contribution in [1.82, 2.24) is 5.32 Å². The van der Waals surface area contributed by atoms with E-state index in [9.17, 15) is 4.79 Å². The van der Waals surface area contributed by atoms with Crippen molar-refractivity contribution in [3.8, 4) is 0 Å². The Morgan fingerprint density at radius 1 is 1.22 bits per heavy atom. The molecule has 0 saturated heterocycles. The molecule has 1 amide bonds. The molecule has 1 saturated carbocycles. The molecule has 0 unspecified atom stereocenters. The van der Waals surface area contributed by atoms with Crippen molar-refractivity contribution in [2.24, 2.45) is 0 Å². The second kappa shape index (κ2) is 7.75. The van der Waals surface area contributed by atoms with Crippen LogP contribution in [0.25, 0.3) is 0 Å². The zero-order chi connectivity index (χ0) is 17.0. The largest absolute Gasteiger partial charge is 0.444 e. The second-order valence-corrected chi connectivity index (χ2v) is 8.29. The van der Waals surface area contributed by atoms with E-state index < -0.39 is 5.60 Å². The van der Waals surface area contributed by atoms with Gasteiger partial charge in [-0.3, -0.25) is 0 Å². The van der Waals surface area contributed by atoms with E-state index in [1.165, 1.54) is 0 Å². The van der Waals surface area contributed by atoms with E-state index >= 15 is 0 Å². The molecule has 128 valence electrons. The molecule has 6 heteroatoms. The number of rotatable bonds is 3. The summed E-state index contributed by atoms with van der Waals surface area (Å²) < 4.78 is 6.27. The van der Waals surface area contributed by atoms with E-state index in [1.54, 1.807) is 0 Å². The van der Waals surface area contributed by atoms with Crippen LogP contribution in [0.15, 0.2) is 22.7 Å². The third kappa shape index (κ3) is 6.22. The summed E-state index contributed by atoms with van der Waals surface area (Å²) in [5.41, 5.74) is 0.500. The smallest absolute Gasteiger partial charge is 0.407 e. The number of carbonyl (C=O) groups excluding carboxylic acids is 1. The molecule has 0 atom stereocenters. The van der Waals surface area contributed by atoms with Gasteiger partial charge in [0.2, 0.25) is 0 Å². The Balaban J connectivity index is 1.79. The first-order valence-corrected chi connectivity index (χ1v) is 9.11. The van der Waals surface area contributed by atoms with E-state index in [0.717, 1.165) is 35.8 Å². The Morgan fingerprint density at radius 2 is 1.83 bits per heavy atom. The van der Waals surface area contributed by atoms with Gasteiger partial charge in [-0.1, -0.05) is 27.5 Å². The summed E-state index contributed by atoms with van der Waals surface area (Å²) in [6, 6.07) is 6.41. The minimum atomic E-state index is -0.457. The number of hydrogen-bond acceptors (Lipinski definition) is 3. The Bertz CT molecular complexity index is 552. The number of halogens is 2. The summed E-state index contributed by atoms with van der Waals surface area (Å²) in [6.07, 6.45) is 3.53. The highest BCUT2D eigenvalue weighted by atomic mass is 79.9. The minimum absolute atomic E-state index is 0.184. The van der Waals surface area contributed by atoms with Gasteiger partial charge in [0.1, 0.15) is 5.60 Å². The van der Waals surface area contributed by atoms with E-state index in [0.29, 0.717) is 11.1 Å². The van der Waals surface area contributed by atoms with Crippen molar-refractivity contribution in [2.45, 2.75) is 64.1 Å². The fraction of sp³-hybridized carbons (Fsp3) is 0.588. The van der Waals surface area contributed by atoms with Crippen molar-refractivity contribution in [2.75, 3.05) is 5.32 Å². The first kappa shape index (κ1) is 18.4. The van der Waals surface area contributed by atoms with Crippen molar-refractivity contribution in [1.29, 1.82) is 0 Å². The Hall–Kier alpha value is -0.940. The van der Waals surface area contributed by atoms with Crippen LogP contribution in [0, 0.1) is 0 Å². The maximum absolute atomic E-state index is 11.8. The summed E-state index contributed by atoms with van der Waals surface area (Å²) in [7, 11) is 0. The number of benzene rings is 1. The molecular formula is C17H24BrClN2O2. The lowest BCUT2D eigenvalue weighted by Gasteiger charge is -2.31. The molecule has 0 radical (unpaired) electrons. The first-order chi connectivity index (χ1) is 10.7. The van der Waals surface area contributed by atoms with E-state index in [2.05, 4.69) is 26.6 Å². The molecule has 1 fully saturated rings. The summed E-state index contributed by atoms with van der Waals surface area (Å²) in [5.74, 6) is 0. The number of amides is 1. The van der Waals surface area contributed by atoms with Crippen molar-refractivity contribution in [3.63, 3.8) is 0 Å². The summed E-state index contributed by atoms with van der Waals surface area (Å²) >= 11 is 9.65. The molecule has 1 aliphatic carbocycles. The fourth-order valence-corrected chi connectivity index (χ4v) is 3.41. The van der Waals surface area contributed by atoms with Crippen molar-refractivity contribution < 1.29 is 9.53 Å². The predicted molar refractivity (Wildman–Crippen MR) is 98.2 cm³/mol. The molecule has 1 aliphatic rings. The lowest BCUT2D eigenvalue weighted by molar-refractivity contribution is 0.0492. The molecular weight excluding hydrogens is 380 g/mol. The number of anilines is 1. The molecule has 0 aromatic heterocycles. The summed E-state index contributed by atoms with van der Waals surface area (Å²) in [5, 5.41) is 7.17. The zero-order valence-corrected chi connectivity index (χ0v) is 16.1. The van der Waals surface area contributed by atoms with Gasteiger partial charge in [-0.05, 0) is 64.7 Å². The van der Waals surface area contributed by atoms with Crippen LogP contribution in [0.3, 0.4) is 0 Å². The van der Waals surface area contributed by atoms with Crippen LogP contribution in [0.5, 0.6) is 0 Å². The number of nitrogens with one attached hydrogen (secondary N) is 2. The van der Waals surface area contributed by atoms with Gasteiger partial charge in [0.15, 0.2) is 0 Å². The highest BCUT2D eigenvalue weighted by molar-refractivity contribution is 9.10. The van der Waals surface area contributed by atoms with Crippen LogP contribution < -0.4 is 10.6 Å². The number of hydrogen-bond donors (Lipinski definition) is 2. The Labute approximate surface area is 151 Å². The van der Waals surface area contributed by atoms with E-state index in [4.69, 9.17) is 16.3 Å². The van der Waals surface area contributed by atoms with E-state index in [-0.39, 0.29) is 12.1 Å². The first-order valence-electron chi connectivity index (χ1n) is 7.94. The lowest BCUT2D eigenvalue weighted by Crippen LogP contribution is -2.42. The van der Waals surface area contributed by atoms with Gasteiger partial charge in [0, 0.05) is 16.6 Å². The average molecular weight is 404 g/mol. The summed E-state index contributed by atoms with van der Waals surface area (Å²) in [4.78, 5) is 11.8. The fourth-order valence-electron chi connectivity index (χ4n) is 2.68. The van der Waals surface area contributed by atoms with Gasteiger partial charge in [-0.15, -0.1) is 0 Å². The van der Waals surface area contributed by atoms with Crippen LogP contribution in [-0.2, 0) is 4.74 Å². The predicted octanol–water partition coefficient (Wildman–Crippen LogP) is 5.35. The maximum atomic E-state index is 11.8. The molecule has 2 N–H and O–H groups in total. The van der Waals surface area contributed by atoms with Crippen LogP contribution in [-0.4, -0.2) is 23.8 Å². The molecule has 1 aromatic carbocycles. The minimum Gasteiger partial charge on any atom is -0.444 e. The van der Waals surface area contributed by atoms with Gasteiger partial charge in [-0.25, -0.2) is 4.79 Å². The second-order valence-electron chi connectivity index (χ2n) is 6.96. The molecule has 23 heavy (non-hydrogen) atoms. The van der Waals surface area contributed by atoms with Crippen molar-refractivity contribution in [3.05, 3.63) is 27.7 Å². The lowest BCUT2D eigenvalue weighted by atomic mass is 9.91. The Kier molecular flexibility index (Phi) is 6.20. The van der Waals surface area contributed by atoms with Crippen LogP contribution in [0.1, 0.15) is 46.5 Å². The van der Waals surface area contributed by atoms with Crippen LogP contribution >= 0.6 is 27.5 Å². The van der Waals surface area contributed by atoms with Gasteiger partial charge < -0.3 is 15.4 Å². The third-order valence-corrected chi connectivity index (χ3v) is 4.54. The maximum Gasteiger partial charge on any atom is 0.407 e. The topological polar surface area (TPSA) is 50.4 Å². The average Bonchev–Trinajstić information content (AvgIpc) is 2.42. The molecule has 0 spiro atoms. The molecule has 0 heterocycles. The van der Waals surface area contributed by atoms with Crippen LogP contribution in [0.2, 0.25) is 5.02 Å². The number of ether oxygens (including phenoxy) is 1. The normalized spacial score (nSPS) is 21.6. The Morgan fingerprint density at radius 3 is 2.39 bits per heavy atom. The van der Waals surface area contributed by atoms with Crippen LogP contribution in [0.4, 0.5) is 10.5 Å². The molecule has 0 aliphatic heterocycles. The van der Waals surface area contributed by atoms with Gasteiger partial charge in [0.05, 0.1) is 10.7 Å². The molecule has 1 aromatic rings.